The van der Waals surface area contributed by atoms with Gasteiger partial charge in [-0.2, -0.15) is 0 Å². The second-order valence-electron chi connectivity index (χ2n) is 8.97. The number of hydrogen-bond donors (Lipinski definition) is 2. The van der Waals surface area contributed by atoms with Gasteiger partial charge in [0.2, 0.25) is 10.0 Å². The van der Waals surface area contributed by atoms with E-state index in [-0.39, 0.29) is 23.4 Å². The van der Waals surface area contributed by atoms with Crippen LogP contribution in [0.4, 0.5) is 0 Å². The van der Waals surface area contributed by atoms with E-state index in [4.69, 9.17) is 9.47 Å². The molecule has 0 radical (unpaired) electrons. The smallest absolute Gasteiger partial charge is 0.244 e. The molecule has 4 rings (SSSR count). The maximum Gasteiger partial charge on any atom is 0.244 e. The molecular formula is C23H34N4O5S. The largest absolute Gasteiger partial charge is 0.495 e. The van der Waals surface area contributed by atoms with Crippen LogP contribution < -0.4 is 9.46 Å². The van der Waals surface area contributed by atoms with Crippen LogP contribution in [-0.2, 0) is 21.3 Å². The van der Waals surface area contributed by atoms with Crippen molar-refractivity contribution in [2.75, 3.05) is 13.7 Å². The average molecular weight is 479 g/mol. The summed E-state index contributed by atoms with van der Waals surface area (Å²) in [4.78, 5) is 0.0752. The SMILES string of the molecule is COc1ccccc1S(=O)(=O)N[C@H]1CC[C@@H](CCn2cc(C3CCCCC3)nn2)O[C@H]1CO. The third-order valence-corrected chi connectivity index (χ3v) is 8.25. The van der Waals surface area contributed by atoms with Gasteiger partial charge >= 0.3 is 0 Å². The van der Waals surface area contributed by atoms with E-state index in [1.54, 1.807) is 18.2 Å². The van der Waals surface area contributed by atoms with E-state index in [0.717, 1.165) is 12.1 Å². The van der Waals surface area contributed by atoms with E-state index in [2.05, 4.69) is 15.0 Å². The van der Waals surface area contributed by atoms with Crippen LogP contribution in [-0.4, -0.2) is 60.5 Å². The molecule has 9 nitrogen and oxygen atoms in total. The predicted octanol–water partition coefficient (Wildman–Crippen LogP) is 2.61. The highest BCUT2D eigenvalue weighted by molar-refractivity contribution is 7.89. The van der Waals surface area contributed by atoms with Crippen molar-refractivity contribution in [3.8, 4) is 5.75 Å². The van der Waals surface area contributed by atoms with Crippen molar-refractivity contribution in [3.63, 3.8) is 0 Å². The second kappa shape index (κ2) is 10.9. The Morgan fingerprint density at radius 1 is 1.18 bits per heavy atom. The van der Waals surface area contributed by atoms with Crippen LogP contribution in [0.15, 0.2) is 35.4 Å². The Morgan fingerprint density at radius 2 is 1.97 bits per heavy atom. The number of aryl methyl sites for hydroxylation is 1. The number of ether oxygens (including phenoxy) is 2. The summed E-state index contributed by atoms with van der Waals surface area (Å²) in [7, 11) is -2.38. The molecule has 1 saturated carbocycles. The van der Waals surface area contributed by atoms with Gasteiger partial charge in [-0.3, -0.25) is 4.68 Å². The molecular weight excluding hydrogens is 444 g/mol. The summed E-state index contributed by atoms with van der Waals surface area (Å²) in [6.07, 6.45) is 9.58. The maximum absolute atomic E-state index is 12.9. The lowest BCUT2D eigenvalue weighted by Gasteiger charge is -2.36. The number of aromatic nitrogens is 3. The minimum atomic E-state index is -3.81. The first-order chi connectivity index (χ1) is 16.0. The molecule has 1 saturated heterocycles. The molecule has 0 spiro atoms. The Bertz CT molecular complexity index is 1010. The molecule has 3 atom stereocenters. The van der Waals surface area contributed by atoms with Crippen LogP contribution in [0.3, 0.4) is 0 Å². The van der Waals surface area contributed by atoms with Gasteiger partial charge in [-0.05, 0) is 44.2 Å². The molecule has 1 aromatic carbocycles. The van der Waals surface area contributed by atoms with Crippen molar-refractivity contribution in [3.05, 3.63) is 36.2 Å². The van der Waals surface area contributed by atoms with Gasteiger partial charge in [-0.25, -0.2) is 13.1 Å². The zero-order chi connectivity index (χ0) is 23.3. The third kappa shape index (κ3) is 5.92. The Balaban J connectivity index is 1.32. The van der Waals surface area contributed by atoms with Gasteiger partial charge in [-0.15, -0.1) is 5.10 Å². The van der Waals surface area contributed by atoms with Crippen molar-refractivity contribution < 1.29 is 23.0 Å². The number of benzene rings is 1. The van der Waals surface area contributed by atoms with Crippen molar-refractivity contribution >= 4 is 10.0 Å². The normalized spacial score (nSPS) is 24.6. The molecule has 2 heterocycles. The Morgan fingerprint density at radius 3 is 2.73 bits per heavy atom. The summed E-state index contributed by atoms with van der Waals surface area (Å²) in [5.41, 5.74) is 1.08. The minimum absolute atomic E-state index is 0.0727. The molecule has 182 valence electrons. The van der Waals surface area contributed by atoms with Gasteiger partial charge < -0.3 is 14.6 Å². The van der Waals surface area contributed by atoms with Gasteiger partial charge in [-0.1, -0.05) is 36.6 Å². The van der Waals surface area contributed by atoms with Gasteiger partial charge in [0.1, 0.15) is 10.6 Å². The monoisotopic (exact) mass is 478 g/mol. The summed E-state index contributed by atoms with van der Waals surface area (Å²) >= 11 is 0. The molecule has 1 aromatic heterocycles. The highest BCUT2D eigenvalue weighted by Crippen LogP contribution is 2.31. The van der Waals surface area contributed by atoms with E-state index in [0.29, 0.717) is 25.3 Å². The fourth-order valence-corrected chi connectivity index (χ4v) is 6.34. The molecule has 1 aliphatic carbocycles. The average Bonchev–Trinajstić information content (AvgIpc) is 3.33. The molecule has 2 aromatic rings. The van der Waals surface area contributed by atoms with E-state index in [1.165, 1.54) is 45.3 Å². The van der Waals surface area contributed by atoms with Gasteiger partial charge in [0.15, 0.2) is 0 Å². The molecule has 0 amide bonds. The summed E-state index contributed by atoms with van der Waals surface area (Å²) < 4.78 is 41.7. The predicted molar refractivity (Wildman–Crippen MR) is 123 cm³/mol. The van der Waals surface area contributed by atoms with Gasteiger partial charge in [0, 0.05) is 18.7 Å². The lowest BCUT2D eigenvalue weighted by Crippen LogP contribution is -2.51. The number of aliphatic hydroxyl groups excluding tert-OH is 1. The molecule has 0 bridgehead atoms. The first-order valence-corrected chi connectivity index (χ1v) is 13.3. The van der Waals surface area contributed by atoms with E-state index < -0.39 is 22.2 Å². The first kappa shape index (κ1) is 24.1. The molecule has 2 fully saturated rings. The lowest BCUT2D eigenvalue weighted by molar-refractivity contribution is -0.0891. The Labute approximate surface area is 195 Å². The van der Waals surface area contributed by atoms with Crippen LogP contribution in [0, 0.1) is 0 Å². The molecule has 33 heavy (non-hydrogen) atoms. The topological polar surface area (TPSA) is 116 Å². The van der Waals surface area contributed by atoms with Crippen LogP contribution in [0.5, 0.6) is 5.75 Å². The third-order valence-electron chi connectivity index (χ3n) is 6.72. The van der Waals surface area contributed by atoms with Crippen molar-refractivity contribution in [1.29, 1.82) is 0 Å². The quantitative estimate of drug-likeness (QED) is 0.569. The molecule has 0 unspecified atom stereocenters. The Hall–Kier alpha value is -2.01. The highest BCUT2D eigenvalue weighted by atomic mass is 32.2. The number of nitrogens with one attached hydrogen (secondary N) is 1. The Kier molecular flexibility index (Phi) is 8.00. The zero-order valence-electron chi connectivity index (χ0n) is 19.1. The molecule has 2 N–H and O–H groups in total. The van der Waals surface area contributed by atoms with Crippen LogP contribution in [0.25, 0.3) is 0 Å². The first-order valence-electron chi connectivity index (χ1n) is 11.8. The summed E-state index contributed by atoms with van der Waals surface area (Å²) in [5.74, 6) is 0.801. The maximum atomic E-state index is 12.9. The van der Waals surface area contributed by atoms with E-state index >= 15 is 0 Å². The molecule has 1 aliphatic heterocycles. The van der Waals surface area contributed by atoms with Gasteiger partial charge in [0.05, 0.1) is 37.7 Å². The number of aliphatic hydroxyl groups is 1. The standard InChI is InChI=1S/C23H34N4O5S/c1-31-21-9-5-6-10-23(21)33(29,30)25-19-12-11-18(32-22(19)16-28)13-14-27-15-20(24-26-27)17-7-3-2-4-8-17/h5-6,9-10,15,17-19,22,25,28H,2-4,7-8,11-14,16H2,1H3/t18-,19-,22-/m0/s1. The van der Waals surface area contributed by atoms with Crippen LogP contribution in [0.1, 0.15) is 63.0 Å². The second-order valence-corrected chi connectivity index (χ2v) is 10.6. The van der Waals surface area contributed by atoms with Crippen molar-refractivity contribution in [1.82, 2.24) is 19.7 Å². The fourth-order valence-electron chi connectivity index (χ4n) is 4.87. The summed E-state index contributed by atoms with van der Waals surface area (Å²) in [5, 5.41) is 18.5. The number of methoxy groups -OCH3 is 1. The van der Waals surface area contributed by atoms with E-state index in [1.807, 2.05) is 10.9 Å². The zero-order valence-corrected chi connectivity index (χ0v) is 19.9. The summed E-state index contributed by atoms with van der Waals surface area (Å²) in [6.45, 7) is 0.422. The van der Waals surface area contributed by atoms with Gasteiger partial charge in [0.25, 0.3) is 0 Å². The minimum Gasteiger partial charge on any atom is -0.495 e. The molecule has 2 aliphatic rings. The fraction of sp³-hybridized carbons (Fsp3) is 0.652. The highest BCUT2D eigenvalue weighted by Gasteiger charge is 2.34. The lowest BCUT2D eigenvalue weighted by atomic mass is 9.87. The van der Waals surface area contributed by atoms with E-state index in [9.17, 15) is 13.5 Å². The number of sulfonamides is 1. The molecule has 10 heteroatoms. The van der Waals surface area contributed by atoms with Crippen molar-refractivity contribution in [2.24, 2.45) is 0 Å². The number of nitrogens with zero attached hydrogens (tertiary/aromatic N) is 3. The number of hydrogen-bond acceptors (Lipinski definition) is 7. The number of para-hydroxylation sites is 1. The summed E-state index contributed by atoms with van der Waals surface area (Å²) in [6, 6.07) is 5.97. The van der Waals surface area contributed by atoms with Crippen molar-refractivity contribution in [2.45, 2.75) is 87.0 Å². The van der Waals surface area contributed by atoms with Crippen LogP contribution in [0.2, 0.25) is 0 Å². The van der Waals surface area contributed by atoms with Crippen LogP contribution >= 0.6 is 0 Å². The number of rotatable bonds is 9.